The molecule has 0 saturated carbocycles. The molecular weight excluding hydrogens is 292 g/mol. The first kappa shape index (κ1) is 13.6. The van der Waals surface area contributed by atoms with Crippen molar-refractivity contribution >= 4 is 28.9 Å². The molecule has 0 aliphatic carbocycles. The van der Waals surface area contributed by atoms with Crippen molar-refractivity contribution in [2.45, 2.75) is 30.1 Å². The summed E-state index contributed by atoms with van der Waals surface area (Å²) in [6, 6.07) is 0.00150. The lowest BCUT2D eigenvalue weighted by Gasteiger charge is -2.08. The van der Waals surface area contributed by atoms with Crippen LogP contribution < -0.4 is 11.0 Å². The molecule has 0 saturated heterocycles. The minimum absolute atomic E-state index is 0.00150. The second kappa shape index (κ2) is 5.20. The highest BCUT2D eigenvalue weighted by Crippen LogP contribution is 2.30. The molecule has 3 aromatic heterocycles. The fourth-order valence-corrected chi connectivity index (χ4v) is 2.94. The topological polar surface area (TPSA) is 117 Å². The van der Waals surface area contributed by atoms with E-state index < -0.39 is 0 Å². The summed E-state index contributed by atoms with van der Waals surface area (Å²) in [5.41, 5.74) is 1.03. The van der Waals surface area contributed by atoms with Gasteiger partial charge in [0.15, 0.2) is 10.8 Å². The van der Waals surface area contributed by atoms with E-state index in [0.29, 0.717) is 27.3 Å². The Hall–Kier alpha value is -2.36. The first-order valence-corrected chi connectivity index (χ1v) is 7.15. The molecule has 0 radical (unpaired) electrons. The highest BCUT2D eigenvalue weighted by atomic mass is 32.2. The molecule has 0 aromatic carbocycles. The Kier molecular flexibility index (Phi) is 3.37. The van der Waals surface area contributed by atoms with Gasteiger partial charge in [-0.3, -0.25) is 4.57 Å². The Balaban J connectivity index is 2.10. The summed E-state index contributed by atoms with van der Waals surface area (Å²) in [4.78, 5) is 27.6. The average molecular weight is 306 g/mol. The summed E-state index contributed by atoms with van der Waals surface area (Å²) < 4.78 is 1.58. The van der Waals surface area contributed by atoms with Crippen LogP contribution in [-0.2, 0) is 0 Å². The van der Waals surface area contributed by atoms with Crippen molar-refractivity contribution in [1.29, 1.82) is 0 Å². The molecule has 9 nitrogen and oxygen atoms in total. The first-order valence-electron chi connectivity index (χ1n) is 6.33. The molecule has 21 heavy (non-hydrogen) atoms. The van der Waals surface area contributed by atoms with Crippen LogP contribution in [-0.4, -0.2) is 41.7 Å². The second-order valence-corrected chi connectivity index (χ2v) is 5.54. The number of hydrogen-bond donors (Lipinski definition) is 3. The van der Waals surface area contributed by atoms with E-state index in [-0.39, 0.29) is 11.7 Å². The Labute approximate surface area is 123 Å². The minimum Gasteiger partial charge on any atom is -0.357 e. The predicted molar refractivity (Wildman–Crippen MR) is 78.6 cm³/mol. The molecule has 10 heteroatoms. The van der Waals surface area contributed by atoms with E-state index in [2.05, 4.69) is 35.5 Å². The maximum absolute atomic E-state index is 11.8. The van der Waals surface area contributed by atoms with Gasteiger partial charge in [-0.15, -0.1) is 5.10 Å². The lowest BCUT2D eigenvalue weighted by molar-refractivity contribution is 0.534. The van der Waals surface area contributed by atoms with E-state index in [1.54, 1.807) is 17.9 Å². The van der Waals surface area contributed by atoms with Crippen molar-refractivity contribution < 1.29 is 0 Å². The van der Waals surface area contributed by atoms with Gasteiger partial charge in [-0.1, -0.05) is 0 Å². The standard InChI is InChI=1S/C11H14N8OS/c1-5(2)19-10(20)17-18-11(19)21-8-6-7(14-4-13-6)15-9(12-3)16-8/h4-5H,1-3H3,(H,17,20)(H2,12,13,14,15,16). The van der Waals surface area contributed by atoms with Crippen LogP contribution in [0.15, 0.2) is 21.3 Å². The fraction of sp³-hybridized carbons (Fsp3) is 0.364. The van der Waals surface area contributed by atoms with Crippen LogP contribution in [0.2, 0.25) is 0 Å². The lowest BCUT2D eigenvalue weighted by atomic mass is 10.4. The molecule has 0 fully saturated rings. The number of imidazole rings is 1. The third-order valence-corrected chi connectivity index (χ3v) is 3.81. The third-order valence-electron chi connectivity index (χ3n) is 2.85. The number of rotatable bonds is 4. The van der Waals surface area contributed by atoms with E-state index in [4.69, 9.17) is 0 Å². The van der Waals surface area contributed by atoms with Crippen LogP contribution in [0.1, 0.15) is 19.9 Å². The van der Waals surface area contributed by atoms with E-state index in [1.165, 1.54) is 11.8 Å². The zero-order valence-corrected chi connectivity index (χ0v) is 12.5. The number of hydrogen-bond acceptors (Lipinski definition) is 7. The molecule has 110 valence electrons. The molecule has 0 atom stereocenters. The Morgan fingerprint density at radius 2 is 2.19 bits per heavy atom. The smallest absolute Gasteiger partial charge is 0.344 e. The SMILES string of the molecule is CNc1nc(Sc2n[nH]c(=O)n2C(C)C)c2[nH]cnc2n1. The van der Waals surface area contributed by atoms with Crippen molar-refractivity contribution in [2.24, 2.45) is 0 Å². The number of fused-ring (bicyclic) bond motifs is 1. The maximum Gasteiger partial charge on any atom is 0.344 e. The van der Waals surface area contributed by atoms with Crippen molar-refractivity contribution in [2.75, 3.05) is 12.4 Å². The van der Waals surface area contributed by atoms with Crippen LogP contribution in [0.5, 0.6) is 0 Å². The van der Waals surface area contributed by atoms with Crippen molar-refractivity contribution in [3.8, 4) is 0 Å². The Morgan fingerprint density at radius 3 is 2.90 bits per heavy atom. The van der Waals surface area contributed by atoms with Crippen molar-refractivity contribution in [3.05, 3.63) is 16.8 Å². The minimum atomic E-state index is -0.240. The van der Waals surface area contributed by atoms with Crippen LogP contribution in [0.4, 0.5) is 5.95 Å². The van der Waals surface area contributed by atoms with Gasteiger partial charge >= 0.3 is 5.69 Å². The van der Waals surface area contributed by atoms with Gasteiger partial charge in [-0.05, 0) is 25.6 Å². The van der Waals surface area contributed by atoms with Crippen LogP contribution >= 0.6 is 11.8 Å². The fourth-order valence-electron chi connectivity index (χ4n) is 1.90. The molecule has 3 rings (SSSR count). The molecule has 3 N–H and O–H groups in total. The summed E-state index contributed by atoms with van der Waals surface area (Å²) in [6.07, 6.45) is 1.56. The Bertz CT molecular complexity index is 832. The molecule has 3 heterocycles. The molecule has 0 aliphatic heterocycles. The van der Waals surface area contributed by atoms with Gasteiger partial charge in [0.1, 0.15) is 10.5 Å². The summed E-state index contributed by atoms with van der Waals surface area (Å²) in [5.74, 6) is 0.464. The van der Waals surface area contributed by atoms with Gasteiger partial charge in [0.25, 0.3) is 0 Å². The zero-order valence-electron chi connectivity index (χ0n) is 11.7. The summed E-state index contributed by atoms with van der Waals surface area (Å²) in [6.45, 7) is 3.84. The summed E-state index contributed by atoms with van der Waals surface area (Å²) in [7, 11) is 1.74. The molecule has 3 aromatic rings. The first-order chi connectivity index (χ1) is 10.1. The molecule has 0 spiro atoms. The number of aromatic amines is 2. The zero-order chi connectivity index (χ0) is 15.0. The van der Waals surface area contributed by atoms with Gasteiger partial charge in [0.2, 0.25) is 5.95 Å². The van der Waals surface area contributed by atoms with Crippen LogP contribution in [0.25, 0.3) is 11.2 Å². The van der Waals surface area contributed by atoms with E-state index in [9.17, 15) is 4.79 Å². The van der Waals surface area contributed by atoms with Crippen LogP contribution in [0.3, 0.4) is 0 Å². The van der Waals surface area contributed by atoms with E-state index in [1.807, 2.05) is 13.8 Å². The molecular formula is C11H14N8OS. The average Bonchev–Trinajstić information content (AvgIpc) is 3.05. The van der Waals surface area contributed by atoms with E-state index >= 15 is 0 Å². The molecule has 0 unspecified atom stereocenters. The highest BCUT2D eigenvalue weighted by molar-refractivity contribution is 7.99. The number of anilines is 1. The largest absolute Gasteiger partial charge is 0.357 e. The van der Waals surface area contributed by atoms with Crippen molar-refractivity contribution in [1.82, 2.24) is 34.7 Å². The number of nitrogens with zero attached hydrogens (tertiary/aromatic N) is 5. The van der Waals surface area contributed by atoms with E-state index in [0.717, 1.165) is 0 Å². The lowest BCUT2D eigenvalue weighted by Crippen LogP contribution is -2.19. The van der Waals surface area contributed by atoms with Gasteiger partial charge < -0.3 is 10.3 Å². The number of H-pyrrole nitrogens is 2. The summed E-state index contributed by atoms with van der Waals surface area (Å²) in [5, 5.41) is 10.6. The van der Waals surface area contributed by atoms with Crippen molar-refractivity contribution in [3.63, 3.8) is 0 Å². The second-order valence-electron chi connectivity index (χ2n) is 4.58. The predicted octanol–water partition coefficient (Wildman–Crippen LogP) is 1.01. The van der Waals surface area contributed by atoms with Gasteiger partial charge in [0.05, 0.1) is 6.33 Å². The third kappa shape index (κ3) is 2.37. The molecule has 0 aliphatic rings. The number of aromatic nitrogens is 7. The quantitative estimate of drug-likeness (QED) is 0.616. The van der Waals surface area contributed by atoms with Gasteiger partial charge in [0, 0.05) is 13.1 Å². The Morgan fingerprint density at radius 1 is 1.38 bits per heavy atom. The molecule has 0 bridgehead atoms. The highest BCUT2D eigenvalue weighted by Gasteiger charge is 2.17. The monoisotopic (exact) mass is 306 g/mol. The number of nitrogens with one attached hydrogen (secondary N) is 3. The van der Waals surface area contributed by atoms with Crippen LogP contribution in [0, 0.1) is 0 Å². The summed E-state index contributed by atoms with van der Waals surface area (Å²) >= 11 is 1.29. The normalized spacial score (nSPS) is 11.4. The van der Waals surface area contributed by atoms with Gasteiger partial charge in [-0.2, -0.15) is 4.98 Å². The van der Waals surface area contributed by atoms with Gasteiger partial charge in [-0.25, -0.2) is 19.9 Å². The maximum atomic E-state index is 11.8. The molecule has 0 amide bonds.